The third-order valence-corrected chi connectivity index (χ3v) is 3.88. The normalized spacial score (nSPS) is 13.8. The fourth-order valence-corrected chi connectivity index (χ4v) is 2.77. The second-order valence-electron chi connectivity index (χ2n) is 5.22. The van der Waals surface area contributed by atoms with Gasteiger partial charge in [-0.2, -0.15) is 0 Å². The molecule has 0 aliphatic rings. The number of aliphatic hydroxyl groups is 2. The molecule has 0 saturated carbocycles. The number of pyridine rings is 2. The van der Waals surface area contributed by atoms with E-state index in [1.165, 1.54) is 11.1 Å². The smallest absolute Gasteiger partial charge is 0.0436 e. The zero-order chi connectivity index (χ0) is 14.9. The highest BCUT2D eigenvalue weighted by Crippen LogP contribution is 2.33. The lowest BCUT2D eigenvalue weighted by molar-refractivity contribution is 0.253. The van der Waals surface area contributed by atoms with Gasteiger partial charge in [0.15, 0.2) is 0 Å². The lowest BCUT2D eigenvalue weighted by atomic mass is 9.82. The third kappa shape index (κ3) is 4.62. The Morgan fingerprint density at radius 3 is 1.43 bits per heavy atom. The summed E-state index contributed by atoms with van der Waals surface area (Å²) in [5, 5.41) is 18.7. The molecular formula is C17H22N2O2. The summed E-state index contributed by atoms with van der Waals surface area (Å²) in [6, 6.07) is 8.01. The molecule has 0 amide bonds. The van der Waals surface area contributed by atoms with Gasteiger partial charge in [-0.3, -0.25) is 9.97 Å². The van der Waals surface area contributed by atoms with Crippen LogP contribution in [0.25, 0.3) is 0 Å². The molecule has 0 unspecified atom stereocenters. The predicted octanol–water partition coefficient (Wildman–Crippen LogP) is 2.50. The SMILES string of the molecule is OCC[C@H](C[C@@H](CCO)c1ccncc1)c1ccncc1. The molecule has 2 heterocycles. The van der Waals surface area contributed by atoms with Crippen LogP contribution in [0.5, 0.6) is 0 Å². The monoisotopic (exact) mass is 286 g/mol. The van der Waals surface area contributed by atoms with Crippen molar-refractivity contribution >= 4 is 0 Å². The quantitative estimate of drug-likeness (QED) is 0.782. The molecule has 0 aliphatic heterocycles. The van der Waals surface area contributed by atoms with Crippen molar-refractivity contribution in [3.05, 3.63) is 60.2 Å². The summed E-state index contributed by atoms with van der Waals surface area (Å²) in [5.41, 5.74) is 2.38. The van der Waals surface area contributed by atoms with Crippen molar-refractivity contribution in [3.63, 3.8) is 0 Å². The molecule has 2 aromatic heterocycles. The molecule has 0 aliphatic carbocycles. The van der Waals surface area contributed by atoms with Crippen molar-refractivity contribution in [1.29, 1.82) is 0 Å². The average Bonchev–Trinajstić information content (AvgIpc) is 2.55. The first-order valence-electron chi connectivity index (χ1n) is 7.36. The van der Waals surface area contributed by atoms with E-state index in [4.69, 9.17) is 0 Å². The van der Waals surface area contributed by atoms with Gasteiger partial charge in [0.1, 0.15) is 0 Å². The minimum atomic E-state index is 0.162. The van der Waals surface area contributed by atoms with Gasteiger partial charge in [0, 0.05) is 38.0 Å². The number of hydrogen-bond donors (Lipinski definition) is 2. The van der Waals surface area contributed by atoms with Crippen LogP contribution < -0.4 is 0 Å². The van der Waals surface area contributed by atoms with E-state index in [1.807, 2.05) is 24.3 Å². The Bertz CT molecular complexity index is 457. The van der Waals surface area contributed by atoms with Crippen LogP contribution in [-0.4, -0.2) is 33.4 Å². The van der Waals surface area contributed by atoms with Crippen molar-refractivity contribution in [2.75, 3.05) is 13.2 Å². The van der Waals surface area contributed by atoms with Gasteiger partial charge in [-0.1, -0.05) is 0 Å². The van der Waals surface area contributed by atoms with Gasteiger partial charge >= 0.3 is 0 Å². The number of nitrogens with zero attached hydrogens (tertiary/aromatic N) is 2. The second-order valence-corrected chi connectivity index (χ2v) is 5.22. The Morgan fingerprint density at radius 2 is 1.10 bits per heavy atom. The minimum Gasteiger partial charge on any atom is -0.396 e. The molecule has 2 atom stereocenters. The van der Waals surface area contributed by atoms with E-state index in [0.717, 1.165) is 19.3 Å². The molecule has 0 fully saturated rings. The number of aliphatic hydroxyl groups excluding tert-OH is 2. The molecule has 112 valence electrons. The standard InChI is InChI=1S/C17H22N2O2/c20-11-5-16(14-1-7-18-8-2-14)13-17(6-12-21)15-3-9-19-10-4-15/h1-4,7-10,16-17,20-21H,5-6,11-13H2/t16-,17-/m1/s1. The maximum atomic E-state index is 9.34. The van der Waals surface area contributed by atoms with Crippen LogP contribution in [0.1, 0.15) is 42.2 Å². The summed E-state index contributed by atoms with van der Waals surface area (Å²) in [6.07, 6.45) is 9.48. The van der Waals surface area contributed by atoms with Crippen LogP contribution in [-0.2, 0) is 0 Å². The third-order valence-electron chi connectivity index (χ3n) is 3.88. The van der Waals surface area contributed by atoms with Gasteiger partial charge in [-0.05, 0) is 66.5 Å². The summed E-state index contributed by atoms with van der Waals surface area (Å²) in [4.78, 5) is 8.10. The Balaban J connectivity index is 2.16. The van der Waals surface area contributed by atoms with E-state index in [1.54, 1.807) is 24.8 Å². The number of aromatic nitrogens is 2. The molecule has 0 radical (unpaired) electrons. The molecule has 4 nitrogen and oxygen atoms in total. The van der Waals surface area contributed by atoms with Gasteiger partial charge in [0.05, 0.1) is 0 Å². The van der Waals surface area contributed by atoms with Crippen LogP contribution in [0, 0.1) is 0 Å². The number of rotatable bonds is 8. The van der Waals surface area contributed by atoms with Gasteiger partial charge in [-0.15, -0.1) is 0 Å². The van der Waals surface area contributed by atoms with Gasteiger partial charge in [-0.25, -0.2) is 0 Å². The fourth-order valence-electron chi connectivity index (χ4n) is 2.77. The summed E-state index contributed by atoms with van der Waals surface area (Å²) >= 11 is 0. The first-order chi connectivity index (χ1) is 10.3. The maximum absolute atomic E-state index is 9.34. The van der Waals surface area contributed by atoms with Crippen LogP contribution in [0.2, 0.25) is 0 Å². The van der Waals surface area contributed by atoms with Crippen molar-refractivity contribution in [2.45, 2.75) is 31.1 Å². The first-order valence-corrected chi connectivity index (χ1v) is 7.36. The van der Waals surface area contributed by atoms with E-state index in [0.29, 0.717) is 0 Å². The van der Waals surface area contributed by atoms with Crippen molar-refractivity contribution in [2.24, 2.45) is 0 Å². The molecule has 2 rings (SSSR count). The fraction of sp³-hybridized carbons (Fsp3) is 0.412. The Morgan fingerprint density at radius 1 is 0.714 bits per heavy atom. The van der Waals surface area contributed by atoms with Gasteiger partial charge < -0.3 is 10.2 Å². The minimum absolute atomic E-state index is 0.162. The van der Waals surface area contributed by atoms with Crippen molar-refractivity contribution in [3.8, 4) is 0 Å². The number of hydrogen-bond acceptors (Lipinski definition) is 4. The first kappa shape index (κ1) is 15.6. The molecule has 2 aromatic rings. The molecule has 0 saturated heterocycles. The van der Waals surface area contributed by atoms with E-state index < -0.39 is 0 Å². The molecule has 4 heteroatoms. The molecule has 2 N–H and O–H groups in total. The Kier molecular flexibility index (Phi) is 6.31. The van der Waals surface area contributed by atoms with E-state index in [9.17, 15) is 10.2 Å². The summed E-state index contributed by atoms with van der Waals surface area (Å²) in [6.45, 7) is 0.324. The molecule has 0 spiro atoms. The largest absolute Gasteiger partial charge is 0.396 e. The summed E-state index contributed by atoms with van der Waals surface area (Å²) < 4.78 is 0. The Hall–Kier alpha value is -1.78. The Labute approximate surface area is 125 Å². The van der Waals surface area contributed by atoms with E-state index >= 15 is 0 Å². The van der Waals surface area contributed by atoms with E-state index in [-0.39, 0.29) is 25.0 Å². The van der Waals surface area contributed by atoms with Crippen LogP contribution >= 0.6 is 0 Å². The van der Waals surface area contributed by atoms with Gasteiger partial charge in [0.2, 0.25) is 0 Å². The average molecular weight is 286 g/mol. The zero-order valence-electron chi connectivity index (χ0n) is 12.1. The summed E-state index contributed by atoms with van der Waals surface area (Å²) in [5.74, 6) is 0.533. The van der Waals surface area contributed by atoms with Gasteiger partial charge in [0.25, 0.3) is 0 Å². The summed E-state index contributed by atoms with van der Waals surface area (Å²) in [7, 11) is 0. The highest BCUT2D eigenvalue weighted by atomic mass is 16.3. The van der Waals surface area contributed by atoms with Crippen LogP contribution in [0.15, 0.2) is 49.1 Å². The van der Waals surface area contributed by atoms with Crippen molar-refractivity contribution in [1.82, 2.24) is 9.97 Å². The lowest BCUT2D eigenvalue weighted by Crippen LogP contribution is -2.10. The van der Waals surface area contributed by atoms with Crippen LogP contribution in [0.3, 0.4) is 0 Å². The maximum Gasteiger partial charge on any atom is 0.0436 e. The molecule has 0 aromatic carbocycles. The highest BCUT2D eigenvalue weighted by Gasteiger charge is 2.19. The highest BCUT2D eigenvalue weighted by molar-refractivity contribution is 5.20. The lowest BCUT2D eigenvalue weighted by Gasteiger charge is -2.23. The van der Waals surface area contributed by atoms with Crippen molar-refractivity contribution < 1.29 is 10.2 Å². The predicted molar refractivity (Wildman–Crippen MR) is 82.0 cm³/mol. The molecule has 21 heavy (non-hydrogen) atoms. The van der Waals surface area contributed by atoms with E-state index in [2.05, 4.69) is 9.97 Å². The molecule has 0 bridgehead atoms. The van der Waals surface area contributed by atoms with Crippen LogP contribution in [0.4, 0.5) is 0 Å². The zero-order valence-corrected chi connectivity index (χ0v) is 12.1. The second kappa shape index (κ2) is 8.49. The molecular weight excluding hydrogens is 264 g/mol. The topological polar surface area (TPSA) is 66.2 Å².